The van der Waals surface area contributed by atoms with E-state index >= 15 is 0 Å². The van der Waals surface area contributed by atoms with Gasteiger partial charge in [-0.2, -0.15) is 4.68 Å². The van der Waals surface area contributed by atoms with Gasteiger partial charge in [0.1, 0.15) is 18.3 Å². The molecule has 1 aliphatic rings. The summed E-state index contributed by atoms with van der Waals surface area (Å²) in [5, 5.41) is 20.1. The average molecular weight is 648 g/mol. The first-order valence-electron chi connectivity index (χ1n) is 14.2. The number of anilines is 2. The molecule has 2 aromatic carbocycles. The first-order valence-corrected chi connectivity index (χ1v) is 14.6. The number of carbonyl (C=O) groups excluding carboxylic acids is 4. The molecule has 0 fully saturated rings. The van der Waals surface area contributed by atoms with Crippen LogP contribution in [0, 0.1) is 0 Å². The van der Waals surface area contributed by atoms with Crippen molar-refractivity contribution in [2.75, 3.05) is 17.7 Å². The van der Waals surface area contributed by atoms with Gasteiger partial charge >= 0.3 is 12.1 Å². The van der Waals surface area contributed by atoms with Gasteiger partial charge in [0.2, 0.25) is 11.8 Å². The molecule has 2 bridgehead atoms. The summed E-state index contributed by atoms with van der Waals surface area (Å²) in [5.41, 5.74) is 3.13. The lowest BCUT2D eigenvalue weighted by Gasteiger charge is -2.19. The standard InChI is InChI=1S/C30H30ClN9O6/c1-17(41)46-21-4-3-5-23(35-27(42)11-6-18-12-19(31)7-10-26(18)40-16-33-38-39-40)29-32-15-25(37-29)22-9-8-20(34-30(44)45-2)13-24(22)36-28(43)14-21/h6-13,15-16,21,23H,3-5,14H2,1-2H3,(H,32,37)(H,34,44)(H,35,42)(H,36,43)/t21?,23-/m0/s1. The van der Waals surface area contributed by atoms with Gasteiger partial charge < -0.3 is 25.1 Å². The maximum atomic E-state index is 13.2. The van der Waals surface area contributed by atoms with Crippen LogP contribution in [0.2, 0.25) is 5.02 Å². The Morgan fingerprint density at radius 1 is 1.15 bits per heavy atom. The Balaban J connectivity index is 1.43. The quantitative estimate of drug-likeness (QED) is 0.174. The number of nitrogens with zero attached hydrogens (tertiary/aromatic N) is 5. The monoisotopic (exact) mass is 647 g/mol. The van der Waals surface area contributed by atoms with E-state index in [9.17, 15) is 19.2 Å². The zero-order chi connectivity index (χ0) is 32.6. The first kappa shape index (κ1) is 31.8. The fourth-order valence-corrected chi connectivity index (χ4v) is 5.16. The number of hydrogen-bond donors (Lipinski definition) is 4. The van der Waals surface area contributed by atoms with Crippen molar-refractivity contribution in [2.45, 2.75) is 44.8 Å². The molecular weight excluding hydrogens is 618 g/mol. The smallest absolute Gasteiger partial charge is 0.411 e. The van der Waals surface area contributed by atoms with Gasteiger partial charge in [0.15, 0.2) is 0 Å². The van der Waals surface area contributed by atoms with Crippen LogP contribution in [0.4, 0.5) is 16.2 Å². The second kappa shape index (κ2) is 14.5. The summed E-state index contributed by atoms with van der Waals surface area (Å²) in [6, 6.07) is 9.48. The average Bonchev–Trinajstić information content (AvgIpc) is 3.72. The van der Waals surface area contributed by atoms with Crippen LogP contribution in [0.5, 0.6) is 0 Å². The minimum atomic E-state index is -0.701. The molecule has 238 valence electrons. The van der Waals surface area contributed by atoms with Gasteiger partial charge in [-0.25, -0.2) is 9.78 Å². The third-order valence-electron chi connectivity index (χ3n) is 7.02. The summed E-state index contributed by atoms with van der Waals surface area (Å²) in [7, 11) is 1.24. The van der Waals surface area contributed by atoms with Crippen molar-refractivity contribution in [1.82, 2.24) is 35.5 Å². The van der Waals surface area contributed by atoms with Crippen LogP contribution in [0.15, 0.2) is 55.0 Å². The Morgan fingerprint density at radius 3 is 2.76 bits per heavy atom. The van der Waals surface area contributed by atoms with Gasteiger partial charge in [-0.3, -0.25) is 19.7 Å². The van der Waals surface area contributed by atoms with Crippen LogP contribution in [0.3, 0.4) is 0 Å². The molecule has 0 saturated heterocycles. The fourth-order valence-electron chi connectivity index (χ4n) is 4.98. The van der Waals surface area contributed by atoms with Crippen LogP contribution >= 0.6 is 11.6 Å². The fraction of sp³-hybridized carbons (Fsp3) is 0.267. The predicted octanol–water partition coefficient (Wildman–Crippen LogP) is 4.20. The Bertz CT molecular complexity index is 1770. The summed E-state index contributed by atoms with van der Waals surface area (Å²) in [6.07, 6.45) is 5.82. The molecule has 2 aromatic heterocycles. The van der Waals surface area contributed by atoms with Crippen molar-refractivity contribution in [2.24, 2.45) is 0 Å². The van der Waals surface area contributed by atoms with E-state index in [1.165, 1.54) is 31.1 Å². The zero-order valence-electron chi connectivity index (χ0n) is 24.8. The van der Waals surface area contributed by atoms with Gasteiger partial charge in [-0.05, 0) is 72.2 Å². The normalized spacial score (nSPS) is 16.6. The number of halogens is 1. The minimum absolute atomic E-state index is 0.0931. The van der Waals surface area contributed by atoms with Crippen molar-refractivity contribution >= 4 is 52.9 Å². The number of imidazole rings is 1. The van der Waals surface area contributed by atoms with E-state index < -0.39 is 36.0 Å². The molecule has 4 aromatic rings. The summed E-state index contributed by atoms with van der Waals surface area (Å²) < 4.78 is 11.6. The van der Waals surface area contributed by atoms with E-state index in [2.05, 4.69) is 46.2 Å². The number of aromatic nitrogens is 6. The van der Waals surface area contributed by atoms with Crippen LogP contribution in [-0.2, 0) is 23.9 Å². The van der Waals surface area contributed by atoms with Crippen molar-refractivity contribution < 1.29 is 28.7 Å². The van der Waals surface area contributed by atoms with E-state index in [4.69, 9.17) is 16.3 Å². The maximum Gasteiger partial charge on any atom is 0.411 e. The number of rotatable bonds is 6. The van der Waals surface area contributed by atoms with Crippen LogP contribution in [-0.4, -0.2) is 67.3 Å². The van der Waals surface area contributed by atoms with E-state index in [1.54, 1.807) is 48.7 Å². The molecule has 15 nitrogen and oxygen atoms in total. The highest BCUT2D eigenvalue weighted by Gasteiger charge is 2.24. The van der Waals surface area contributed by atoms with Crippen molar-refractivity contribution in [3.63, 3.8) is 0 Å². The van der Waals surface area contributed by atoms with Gasteiger partial charge in [-0.15, -0.1) is 5.10 Å². The summed E-state index contributed by atoms with van der Waals surface area (Å²) >= 11 is 6.21. The molecule has 0 spiro atoms. The number of tetrazole rings is 1. The van der Waals surface area contributed by atoms with Crippen LogP contribution < -0.4 is 16.0 Å². The molecule has 3 heterocycles. The lowest BCUT2D eigenvalue weighted by Crippen LogP contribution is -2.28. The molecule has 1 aliphatic heterocycles. The van der Waals surface area contributed by atoms with Crippen molar-refractivity contribution in [3.8, 4) is 16.9 Å². The van der Waals surface area contributed by atoms with Crippen LogP contribution in [0.25, 0.3) is 23.0 Å². The van der Waals surface area contributed by atoms with Gasteiger partial charge in [0.05, 0.1) is 42.8 Å². The Kier molecular flexibility index (Phi) is 10.0. The SMILES string of the molecule is COC(=O)Nc1ccc2c(c1)NC(=O)CC(OC(C)=O)CCC[C@H](NC(=O)C=Cc1cc(Cl)ccc1-n1cnnn1)c1ncc-2[nH]1. The molecule has 0 saturated carbocycles. The number of ether oxygens (including phenoxy) is 2. The van der Waals surface area contributed by atoms with Gasteiger partial charge in [0.25, 0.3) is 0 Å². The molecule has 4 N–H and O–H groups in total. The second-order valence-corrected chi connectivity index (χ2v) is 10.8. The topological polar surface area (TPSA) is 195 Å². The minimum Gasteiger partial charge on any atom is -0.462 e. The molecule has 0 radical (unpaired) electrons. The molecule has 3 amide bonds. The number of benzene rings is 2. The molecule has 16 heteroatoms. The van der Waals surface area contributed by atoms with E-state index in [1.807, 2.05) is 0 Å². The molecular formula is C30H30ClN9O6. The number of aromatic amines is 1. The highest BCUT2D eigenvalue weighted by molar-refractivity contribution is 6.30. The maximum absolute atomic E-state index is 13.2. The molecule has 2 atom stereocenters. The first-order chi connectivity index (χ1) is 22.2. The molecule has 5 rings (SSSR count). The lowest BCUT2D eigenvalue weighted by molar-refractivity contribution is -0.147. The van der Waals surface area contributed by atoms with Crippen LogP contribution in [0.1, 0.15) is 50.0 Å². The van der Waals surface area contributed by atoms with Gasteiger partial charge in [0, 0.05) is 34.8 Å². The third-order valence-corrected chi connectivity index (χ3v) is 7.26. The second-order valence-electron chi connectivity index (χ2n) is 10.3. The number of esters is 1. The van der Waals surface area contributed by atoms with Crippen molar-refractivity contribution in [1.29, 1.82) is 0 Å². The predicted molar refractivity (Wildman–Crippen MR) is 167 cm³/mol. The van der Waals surface area contributed by atoms with E-state index in [0.29, 0.717) is 64.0 Å². The Labute approximate surface area is 267 Å². The van der Waals surface area contributed by atoms with E-state index in [-0.39, 0.29) is 6.42 Å². The molecule has 0 aliphatic carbocycles. The van der Waals surface area contributed by atoms with Gasteiger partial charge in [-0.1, -0.05) is 11.6 Å². The highest BCUT2D eigenvalue weighted by Crippen LogP contribution is 2.32. The number of hydrogen-bond acceptors (Lipinski definition) is 10. The number of carbonyl (C=O) groups is 4. The Morgan fingerprint density at radius 2 is 2.00 bits per heavy atom. The zero-order valence-corrected chi connectivity index (χ0v) is 25.6. The highest BCUT2D eigenvalue weighted by atomic mass is 35.5. The summed E-state index contributed by atoms with van der Waals surface area (Å²) in [4.78, 5) is 57.7. The Hall–Kier alpha value is -5.57. The molecule has 46 heavy (non-hydrogen) atoms. The third kappa shape index (κ3) is 8.12. The molecule has 1 unspecified atom stereocenters. The number of fused-ring (bicyclic) bond motifs is 4. The number of nitrogens with one attached hydrogen (secondary N) is 4. The van der Waals surface area contributed by atoms with Crippen molar-refractivity contribution in [3.05, 3.63) is 71.4 Å². The lowest BCUT2D eigenvalue weighted by atomic mass is 10.0. The number of amides is 3. The van der Waals surface area contributed by atoms with E-state index in [0.717, 1.165) is 0 Å². The summed E-state index contributed by atoms with van der Waals surface area (Å²) in [5.74, 6) is -0.827. The summed E-state index contributed by atoms with van der Waals surface area (Å²) in [6.45, 7) is 1.28. The number of methoxy groups -OCH3 is 1. The largest absolute Gasteiger partial charge is 0.462 e. The number of H-pyrrole nitrogens is 1.